The number of carbonyl (C=O) groups excluding carboxylic acids is 2. The van der Waals surface area contributed by atoms with Crippen LogP contribution in [0.1, 0.15) is 50.8 Å². The number of rotatable bonds is 8. The average molecular weight is 411 g/mol. The molecule has 1 atom stereocenters. The number of nitrogens with zero attached hydrogens (tertiary/aromatic N) is 1. The average Bonchev–Trinajstić information content (AvgIpc) is 2.66. The van der Waals surface area contributed by atoms with Gasteiger partial charge in [0, 0.05) is 12.1 Å². The van der Waals surface area contributed by atoms with E-state index in [1.165, 1.54) is 0 Å². The highest BCUT2D eigenvalue weighted by molar-refractivity contribution is 5.88. The molecule has 0 aromatic heterocycles. The molecule has 5 nitrogen and oxygen atoms in total. The standard InChI is InChI=1S/C25H34N2O3/c1-7-22(24(29)26-25(4,5)6)27(16-20-13-9-8-12-19(20)3)23(28)17-30-21-14-10-11-18(2)15-21/h8-15,22H,7,16-17H2,1-6H3,(H,26,29)/t22-/m0/s1. The molecule has 0 aliphatic rings. The fourth-order valence-corrected chi connectivity index (χ4v) is 3.28. The molecule has 162 valence electrons. The highest BCUT2D eigenvalue weighted by Crippen LogP contribution is 2.18. The minimum absolute atomic E-state index is 0.116. The molecule has 30 heavy (non-hydrogen) atoms. The van der Waals surface area contributed by atoms with Crippen molar-refractivity contribution < 1.29 is 14.3 Å². The zero-order chi connectivity index (χ0) is 22.3. The Morgan fingerprint density at radius 2 is 1.77 bits per heavy atom. The molecule has 2 rings (SSSR count). The summed E-state index contributed by atoms with van der Waals surface area (Å²) in [5.41, 5.74) is 2.79. The van der Waals surface area contributed by atoms with Crippen LogP contribution in [0.4, 0.5) is 0 Å². The quantitative estimate of drug-likeness (QED) is 0.701. The first-order valence-corrected chi connectivity index (χ1v) is 10.5. The molecule has 0 bridgehead atoms. The maximum absolute atomic E-state index is 13.2. The van der Waals surface area contributed by atoms with Gasteiger partial charge in [-0.2, -0.15) is 0 Å². The van der Waals surface area contributed by atoms with Gasteiger partial charge in [-0.3, -0.25) is 9.59 Å². The topological polar surface area (TPSA) is 58.6 Å². The summed E-state index contributed by atoms with van der Waals surface area (Å²) in [5.74, 6) is 0.282. The summed E-state index contributed by atoms with van der Waals surface area (Å²) in [5, 5.41) is 3.01. The molecular weight excluding hydrogens is 376 g/mol. The van der Waals surface area contributed by atoms with Crippen LogP contribution in [0, 0.1) is 13.8 Å². The molecule has 0 saturated heterocycles. The molecule has 0 spiro atoms. The van der Waals surface area contributed by atoms with Crippen molar-refractivity contribution in [1.82, 2.24) is 10.2 Å². The Morgan fingerprint density at radius 1 is 1.07 bits per heavy atom. The van der Waals surface area contributed by atoms with E-state index < -0.39 is 6.04 Å². The van der Waals surface area contributed by atoms with E-state index in [9.17, 15) is 9.59 Å². The van der Waals surface area contributed by atoms with Crippen molar-refractivity contribution in [3.8, 4) is 5.75 Å². The minimum Gasteiger partial charge on any atom is -0.484 e. The summed E-state index contributed by atoms with van der Waals surface area (Å²) in [6.45, 7) is 12.0. The first-order chi connectivity index (χ1) is 14.1. The normalized spacial score (nSPS) is 12.2. The van der Waals surface area contributed by atoms with Gasteiger partial charge in [-0.1, -0.05) is 43.3 Å². The number of hydrogen-bond acceptors (Lipinski definition) is 3. The molecule has 0 heterocycles. The summed E-state index contributed by atoms with van der Waals surface area (Å²) in [6, 6.07) is 14.9. The summed E-state index contributed by atoms with van der Waals surface area (Å²) >= 11 is 0. The van der Waals surface area contributed by atoms with Crippen molar-refractivity contribution in [2.24, 2.45) is 0 Å². The molecule has 1 N–H and O–H groups in total. The van der Waals surface area contributed by atoms with Gasteiger partial charge in [-0.25, -0.2) is 0 Å². The van der Waals surface area contributed by atoms with Crippen LogP contribution in [0.25, 0.3) is 0 Å². The van der Waals surface area contributed by atoms with Gasteiger partial charge in [0.15, 0.2) is 6.61 Å². The van der Waals surface area contributed by atoms with E-state index in [2.05, 4.69) is 5.32 Å². The van der Waals surface area contributed by atoms with E-state index in [-0.39, 0.29) is 24.0 Å². The van der Waals surface area contributed by atoms with Crippen molar-refractivity contribution in [3.05, 3.63) is 65.2 Å². The van der Waals surface area contributed by atoms with Gasteiger partial charge in [0.05, 0.1) is 0 Å². The first kappa shape index (κ1) is 23.5. The van der Waals surface area contributed by atoms with Crippen LogP contribution in [0.15, 0.2) is 48.5 Å². The summed E-state index contributed by atoms with van der Waals surface area (Å²) in [6.07, 6.45) is 0.518. The lowest BCUT2D eigenvalue weighted by Crippen LogP contribution is -2.54. The fourth-order valence-electron chi connectivity index (χ4n) is 3.28. The molecule has 0 saturated carbocycles. The number of nitrogens with one attached hydrogen (secondary N) is 1. The second kappa shape index (κ2) is 10.3. The third kappa shape index (κ3) is 6.90. The minimum atomic E-state index is -0.572. The van der Waals surface area contributed by atoms with Crippen molar-refractivity contribution in [3.63, 3.8) is 0 Å². The zero-order valence-electron chi connectivity index (χ0n) is 19.0. The lowest BCUT2D eigenvalue weighted by Gasteiger charge is -2.33. The Labute approximate surface area is 180 Å². The molecule has 2 aromatic rings. The molecule has 0 aliphatic heterocycles. The van der Waals surface area contributed by atoms with Gasteiger partial charge < -0.3 is 15.0 Å². The SMILES string of the molecule is CC[C@@H](C(=O)NC(C)(C)C)N(Cc1ccccc1C)C(=O)COc1cccc(C)c1. The molecule has 0 unspecified atom stereocenters. The lowest BCUT2D eigenvalue weighted by atomic mass is 10.0. The van der Waals surface area contributed by atoms with E-state index in [0.29, 0.717) is 18.7 Å². The highest BCUT2D eigenvalue weighted by atomic mass is 16.5. The number of hydrogen-bond donors (Lipinski definition) is 1. The smallest absolute Gasteiger partial charge is 0.261 e. The summed E-state index contributed by atoms with van der Waals surface area (Å²) in [4.78, 5) is 27.8. The van der Waals surface area contributed by atoms with Crippen LogP contribution < -0.4 is 10.1 Å². The van der Waals surface area contributed by atoms with E-state index in [0.717, 1.165) is 16.7 Å². The van der Waals surface area contributed by atoms with Crippen LogP contribution in [0.5, 0.6) is 5.75 Å². The predicted molar refractivity (Wildman–Crippen MR) is 120 cm³/mol. The third-order valence-corrected chi connectivity index (χ3v) is 4.84. The van der Waals surface area contributed by atoms with E-state index in [1.54, 1.807) is 4.90 Å². The van der Waals surface area contributed by atoms with Gasteiger partial charge in [0.25, 0.3) is 5.91 Å². The van der Waals surface area contributed by atoms with Crippen molar-refractivity contribution in [2.75, 3.05) is 6.61 Å². The summed E-state index contributed by atoms with van der Waals surface area (Å²) < 4.78 is 5.75. The second-order valence-corrected chi connectivity index (χ2v) is 8.72. The Kier molecular flexibility index (Phi) is 8.04. The van der Waals surface area contributed by atoms with Gasteiger partial charge in [0.2, 0.25) is 5.91 Å². The maximum Gasteiger partial charge on any atom is 0.261 e. The second-order valence-electron chi connectivity index (χ2n) is 8.72. The Bertz CT molecular complexity index is 871. The number of ether oxygens (including phenoxy) is 1. The van der Waals surface area contributed by atoms with Crippen LogP contribution in [0.2, 0.25) is 0 Å². The predicted octanol–water partition coefficient (Wildman–Crippen LogP) is 4.40. The zero-order valence-corrected chi connectivity index (χ0v) is 19.0. The van der Waals surface area contributed by atoms with Gasteiger partial charge >= 0.3 is 0 Å². The number of amides is 2. The number of aryl methyl sites for hydroxylation is 2. The first-order valence-electron chi connectivity index (χ1n) is 10.5. The monoisotopic (exact) mass is 410 g/mol. The highest BCUT2D eigenvalue weighted by Gasteiger charge is 2.31. The van der Waals surface area contributed by atoms with Crippen LogP contribution in [0.3, 0.4) is 0 Å². The summed E-state index contributed by atoms with van der Waals surface area (Å²) in [7, 11) is 0. The van der Waals surface area contributed by atoms with Crippen LogP contribution >= 0.6 is 0 Å². The van der Waals surface area contributed by atoms with E-state index in [4.69, 9.17) is 4.74 Å². The molecule has 2 amide bonds. The Morgan fingerprint density at radius 3 is 2.37 bits per heavy atom. The van der Waals surface area contributed by atoms with E-state index >= 15 is 0 Å². The van der Waals surface area contributed by atoms with Gasteiger partial charge in [-0.05, 0) is 69.9 Å². The van der Waals surface area contributed by atoms with Crippen molar-refractivity contribution in [1.29, 1.82) is 0 Å². The van der Waals surface area contributed by atoms with Crippen LogP contribution in [-0.4, -0.2) is 34.9 Å². The Hall–Kier alpha value is -2.82. The maximum atomic E-state index is 13.2. The van der Waals surface area contributed by atoms with Gasteiger partial charge in [-0.15, -0.1) is 0 Å². The van der Waals surface area contributed by atoms with Gasteiger partial charge in [0.1, 0.15) is 11.8 Å². The van der Waals surface area contributed by atoms with Crippen molar-refractivity contribution >= 4 is 11.8 Å². The van der Waals surface area contributed by atoms with E-state index in [1.807, 2.05) is 90.1 Å². The third-order valence-electron chi connectivity index (χ3n) is 4.84. The molecule has 2 aromatic carbocycles. The van der Waals surface area contributed by atoms with Crippen molar-refractivity contribution in [2.45, 2.75) is 66.1 Å². The molecule has 0 aliphatic carbocycles. The largest absolute Gasteiger partial charge is 0.484 e. The fraction of sp³-hybridized carbons (Fsp3) is 0.440. The van der Waals surface area contributed by atoms with Crippen LogP contribution in [-0.2, 0) is 16.1 Å². The molecule has 5 heteroatoms. The molecule has 0 fully saturated rings. The molecule has 0 radical (unpaired) electrons. The Balaban J connectivity index is 2.25. The lowest BCUT2D eigenvalue weighted by molar-refractivity contribution is -0.143. The number of benzene rings is 2. The number of carbonyl (C=O) groups is 2. The molecular formula is C25H34N2O3.